The minimum atomic E-state index is -3.60. The summed E-state index contributed by atoms with van der Waals surface area (Å²) in [7, 11) is -3.60. The third kappa shape index (κ3) is 5.24. The Labute approximate surface area is 111 Å². The Kier molecular flexibility index (Phi) is 4.50. The number of nitrogens with two attached hydrogens (primary N) is 1. The number of ether oxygens (including phenoxy) is 1. The van der Waals surface area contributed by atoms with E-state index in [-0.39, 0.29) is 23.7 Å². The van der Waals surface area contributed by atoms with Crippen molar-refractivity contribution >= 4 is 10.0 Å². The molecule has 104 valence electrons. The highest BCUT2D eigenvalue weighted by atomic mass is 32.2. The maximum Gasteiger partial charge on any atom is 0.209 e. The zero-order valence-electron chi connectivity index (χ0n) is 10.7. The SMILES string of the molecule is CC(C)(COc1ccc(C#N)c(F)c1)CS(N)(=O)=O. The van der Waals surface area contributed by atoms with Crippen LogP contribution in [0.3, 0.4) is 0 Å². The van der Waals surface area contributed by atoms with Crippen molar-refractivity contribution in [3.8, 4) is 11.8 Å². The Hall–Kier alpha value is -1.65. The van der Waals surface area contributed by atoms with E-state index in [1.807, 2.05) is 0 Å². The lowest BCUT2D eigenvalue weighted by atomic mass is 9.98. The van der Waals surface area contributed by atoms with Crippen LogP contribution in [0.25, 0.3) is 0 Å². The van der Waals surface area contributed by atoms with Crippen LogP contribution in [0.2, 0.25) is 0 Å². The highest BCUT2D eigenvalue weighted by Gasteiger charge is 2.25. The molecule has 0 unspecified atom stereocenters. The van der Waals surface area contributed by atoms with Crippen LogP contribution >= 0.6 is 0 Å². The summed E-state index contributed by atoms with van der Waals surface area (Å²) in [5.41, 5.74) is -0.769. The quantitative estimate of drug-likeness (QED) is 0.885. The van der Waals surface area contributed by atoms with Gasteiger partial charge in [-0.1, -0.05) is 13.8 Å². The predicted octanol–water partition coefficient (Wildman–Crippen LogP) is 1.39. The number of rotatable bonds is 5. The molecule has 0 radical (unpaired) electrons. The molecule has 1 aromatic rings. The summed E-state index contributed by atoms with van der Waals surface area (Å²) < 4.78 is 40.7. The molecule has 0 atom stereocenters. The number of halogens is 1. The number of nitriles is 1. The van der Waals surface area contributed by atoms with Gasteiger partial charge >= 0.3 is 0 Å². The molecule has 5 nitrogen and oxygen atoms in total. The summed E-state index contributed by atoms with van der Waals surface area (Å²) in [5, 5.41) is 13.6. The first kappa shape index (κ1) is 15.4. The molecule has 7 heteroatoms. The minimum absolute atomic E-state index is 0.0643. The van der Waals surface area contributed by atoms with Crippen LogP contribution in [0.1, 0.15) is 19.4 Å². The van der Waals surface area contributed by atoms with Crippen molar-refractivity contribution in [2.75, 3.05) is 12.4 Å². The molecule has 0 aliphatic carbocycles. The van der Waals surface area contributed by atoms with Crippen molar-refractivity contribution in [3.05, 3.63) is 29.6 Å². The van der Waals surface area contributed by atoms with Gasteiger partial charge in [0.15, 0.2) is 0 Å². The van der Waals surface area contributed by atoms with Gasteiger partial charge in [-0.3, -0.25) is 0 Å². The Bertz CT molecular complexity index is 606. The Balaban J connectivity index is 2.72. The van der Waals surface area contributed by atoms with E-state index in [1.54, 1.807) is 19.9 Å². The zero-order chi connectivity index (χ0) is 14.7. The number of nitrogens with zero attached hydrogens (tertiary/aromatic N) is 1. The monoisotopic (exact) mass is 286 g/mol. The summed E-state index contributed by atoms with van der Waals surface area (Å²) in [6.45, 7) is 3.42. The molecule has 0 saturated carbocycles. The van der Waals surface area contributed by atoms with Crippen molar-refractivity contribution < 1.29 is 17.5 Å². The summed E-state index contributed by atoms with van der Waals surface area (Å²) in [6, 6.07) is 5.54. The molecule has 19 heavy (non-hydrogen) atoms. The summed E-state index contributed by atoms with van der Waals surface area (Å²) >= 11 is 0. The average molecular weight is 286 g/mol. The fraction of sp³-hybridized carbons (Fsp3) is 0.417. The van der Waals surface area contributed by atoms with E-state index in [2.05, 4.69) is 0 Å². The van der Waals surface area contributed by atoms with Crippen molar-refractivity contribution in [2.45, 2.75) is 13.8 Å². The second-order valence-electron chi connectivity index (χ2n) is 5.01. The Morgan fingerprint density at radius 3 is 2.58 bits per heavy atom. The lowest BCUT2D eigenvalue weighted by molar-refractivity contribution is 0.199. The van der Waals surface area contributed by atoms with E-state index < -0.39 is 21.3 Å². The molecule has 0 aliphatic rings. The van der Waals surface area contributed by atoms with Crippen LogP contribution in [0.4, 0.5) is 4.39 Å². The van der Waals surface area contributed by atoms with Gasteiger partial charge in [0.05, 0.1) is 17.9 Å². The maximum atomic E-state index is 13.3. The molecule has 2 N–H and O–H groups in total. The molecule has 0 saturated heterocycles. The molecule has 0 fully saturated rings. The van der Waals surface area contributed by atoms with Crippen molar-refractivity contribution in [1.29, 1.82) is 5.26 Å². The summed E-state index contributed by atoms with van der Waals surface area (Å²) in [5.74, 6) is -0.679. The van der Waals surface area contributed by atoms with E-state index in [4.69, 9.17) is 15.1 Å². The first-order chi connectivity index (χ1) is 8.63. The number of hydrogen-bond donors (Lipinski definition) is 1. The number of primary sulfonamides is 1. The van der Waals surface area contributed by atoms with E-state index in [9.17, 15) is 12.8 Å². The van der Waals surface area contributed by atoms with Gasteiger partial charge in [0.1, 0.15) is 17.6 Å². The normalized spacial score (nSPS) is 11.9. The Morgan fingerprint density at radius 2 is 2.11 bits per heavy atom. The topological polar surface area (TPSA) is 93.2 Å². The largest absolute Gasteiger partial charge is 0.493 e. The van der Waals surface area contributed by atoms with Crippen molar-refractivity contribution in [1.82, 2.24) is 0 Å². The van der Waals surface area contributed by atoms with Crippen LogP contribution in [0.5, 0.6) is 5.75 Å². The minimum Gasteiger partial charge on any atom is -0.493 e. The molecule has 0 amide bonds. The average Bonchev–Trinajstić information content (AvgIpc) is 2.23. The van der Waals surface area contributed by atoms with Gasteiger partial charge < -0.3 is 4.74 Å². The van der Waals surface area contributed by atoms with Gasteiger partial charge in [0.2, 0.25) is 10.0 Å². The zero-order valence-corrected chi connectivity index (χ0v) is 11.5. The molecular formula is C12H15FN2O3S. The first-order valence-corrected chi connectivity index (χ1v) is 7.17. The third-order valence-electron chi connectivity index (χ3n) is 2.28. The van der Waals surface area contributed by atoms with Gasteiger partial charge in [-0.25, -0.2) is 17.9 Å². The van der Waals surface area contributed by atoms with Gasteiger partial charge in [-0.15, -0.1) is 0 Å². The van der Waals surface area contributed by atoms with Gasteiger partial charge in [-0.05, 0) is 12.1 Å². The highest BCUT2D eigenvalue weighted by Crippen LogP contribution is 2.21. The van der Waals surface area contributed by atoms with Crippen LogP contribution in [-0.2, 0) is 10.0 Å². The second-order valence-corrected chi connectivity index (χ2v) is 6.63. The molecule has 0 aromatic heterocycles. The van der Waals surface area contributed by atoms with Crippen LogP contribution in [-0.4, -0.2) is 20.8 Å². The van der Waals surface area contributed by atoms with Gasteiger partial charge in [0.25, 0.3) is 0 Å². The number of sulfonamides is 1. The van der Waals surface area contributed by atoms with E-state index in [0.29, 0.717) is 0 Å². The van der Waals surface area contributed by atoms with Crippen LogP contribution in [0.15, 0.2) is 18.2 Å². The lowest BCUT2D eigenvalue weighted by Gasteiger charge is -2.23. The molecule has 0 spiro atoms. The van der Waals surface area contributed by atoms with Crippen molar-refractivity contribution in [3.63, 3.8) is 0 Å². The van der Waals surface area contributed by atoms with Gasteiger partial charge in [-0.2, -0.15) is 5.26 Å². The molecule has 0 bridgehead atoms. The maximum absolute atomic E-state index is 13.3. The smallest absolute Gasteiger partial charge is 0.209 e. The molecule has 0 aliphatic heterocycles. The standard InChI is InChI=1S/C12H15FN2O3S/c1-12(2,8-19(15,16)17)7-18-10-4-3-9(6-14)11(13)5-10/h3-5H,7-8H2,1-2H3,(H2,15,16,17). The van der Waals surface area contributed by atoms with E-state index in [1.165, 1.54) is 12.1 Å². The number of benzene rings is 1. The Morgan fingerprint density at radius 1 is 1.47 bits per heavy atom. The summed E-state index contributed by atoms with van der Waals surface area (Å²) in [6.07, 6.45) is 0. The second kappa shape index (κ2) is 5.55. The fourth-order valence-electron chi connectivity index (χ4n) is 1.54. The predicted molar refractivity (Wildman–Crippen MR) is 68.4 cm³/mol. The highest BCUT2D eigenvalue weighted by molar-refractivity contribution is 7.89. The fourth-order valence-corrected chi connectivity index (χ4v) is 2.71. The van der Waals surface area contributed by atoms with E-state index >= 15 is 0 Å². The molecular weight excluding hydrogens is 271 g/mol. The van der Waals surface area contributed by atoms with Gasteiger partial charge in [0, 0.05) is 11.5 Å². The summed E-state index contributed by atoms with van der Waals surface area (Å²) in [4.78, 5) is 0. The first-order valence-electron chi connectivity index (χ1n) is 5.46. The van der Waals surface area contributed by atoms with Crippen LogP contribution in [0, 0.1) is 22.6 Å². The molecule has 1 rings (SSSR count). The lowest BCUT2D eigenvalue weighted by Crippen LogP contribution is -2.33. The molecule has 0 heterocycles. The van der Waals surface area contributed by atoms with Crippen molar-refractivity contribution in [2.24, 2.45) is 10.6 Å². The number of hydrogen-bond acceptors (Lipinski definition) is 4. The van der Waals surface area contributed by atoms with E-state index in [0.717, 1.165) is 6.07 Å². The third-order valence-corrected chi connectivity index (χ3v) is 3.47. The molecule has 1 aromatic carbocycles. The van der Waals surface area contributed by atoms with Crippen LogP contribution < -0.4 is 9.88 Å².